The summed E-state index contributed by atoms with van der Waals surface area (Å²) in [5, 5.41) is 2.73. The molecule has 1 aromatic heterocycles. The SMILES string of the molecule is CCN(CC)S(=O)(=O)c1cc(NC(=O)c2ccoc2)ccc1Cl. The van der Waals surface area contributed by atoms with Gasteiger partial charge in [0.25, 0.3) is 5.91 Å². The molecule has 0 fully saturated rings. The van der Waals surface area contributed by atoms with Gasteiger partial charge < -0.3 is 9.73 Å². The molecule has 0 aliphatic rings. The second-order valence-electron chi connectivity index (χ2n) is 4.70. The van der Waals surface area contributed by atoms with Gasteiger partial charge in [-0.15, -0.1) is 0 Å². The van der Waals surface area contributed by atoms with E-state index in [9.17, 15) is 13.2 Å². The van der Waals surface area contributed by atoms with Gasteiger partial charge in [0.1, 0.15) is 11.2 Å². The molecule has 0 atom stereocenters. The molecule has 2 aromatic rings. The Kier molecular flexibility index (Phi) is 5.46. The monoisotopic (exact) mass is 356 g/mol. The summed E-state index contributed by atoms with van der Waals surface area (Å²) in [5.41, 5.74) is 0.680. The second-order valence-corrected chi connectivity index (χ2v) is 7.01. The van der Waals surface area contributed by atoms with Crippen molar-refractivity contribution in [3.05, 3.63) is 47.4 Å². The molecule has 0 spiro atoms. The van der Waals surface area contributed by atoms with Crippen LogP contribution in [0.5, 0.6) is 0 Å². The summed E-state index contributed by atoms with van der Waals surface area (Å²) >= 11 is 6.04. The van der Waals surface area contributed by atoms with Gasteiger partial charge in [-0.25, -0.2) is 8.42 Å². The summed E-state index contributed by atoms with van der Waals surface area (Å²) in [7, 11) is -3.71. The van der Waals surface area contributed by atoms with Crippen LogP contribution in [0.25, 0.3) is 0 Å². The number of anilines is 1. The molecule has 2 rings (SSSR count). The lowest BCUT2D eigenvalue weighted by Gasteiger charge is -2.19. The maximum absolute atomic E-state index is 12.6. The van der Waals surface area contributed by atoms with E-state index in [1.807, 2.05) is 0 Å². The van der Waals surface area contributed by atoms with Crippen molar-refractivity contribution in [1.29, 1.82) is 0 Å². The molecule has 0 bridgehead atoms. The quantitative estimate of drug-likeness (QED) is 0.861. The Morgan fingerprint density at radius 1 is 1.26 bits per heavy atom. The summed E-state index contributed by atoms with van der Waals surface area (Å²) < 4.78 is 31.3. The maximum atomic E-state index is 12.6. The number of hydrogen-bond acceptors (Lipinski definition) is 4. The van der Waals surface area contributed by atoms with Crippen LogP contribution < -0.4 is 5.32 Å². The van der Waals surface area contributed by atoms with Crippen molar-refractivity contribution in [3.63, 3.8) is 0 Å². The number of furan rings is 1. The van der Waals surface area contributed by atoms with Crippen LogP contribution in [0.1, 0.15) is 24.2 Å². The van der Waals surface area contributed by atoms with E-state index in [1.54, 1.807) is 19.9 Å². The van der Waals surface area contributed by atoms with Gasteiger partial charge in [0, 0.05) is 18.8 Å². The van der Waals surface area contributed by atoms with Crippen molar-refractivity contribution in [2.75, 3.05) is 18.4 Å². The minimum absolute atomic E-state index is 0.0344. The van der Waals surface area contributed by atoms with Gasteiger partial charge in [-0.1, -0.05) is 25.4 Å². The fourth-order valence-corrected chi connectivity index (χ4v) is 4.04. The molecular formula is C15H17ClN2O4S. The highest BCUT2D eigenvalue weighted by Crippen LogP contribution is 2.28. The van der Waals surface area contributed by atoms with Crippen LogP contribution in [-0.2, 0) is 10.0 Å². The number of amides is 1. The molecule has 0 aliphatic heterocycles. The van der Waals surface area contributed by atoms with E-state index in [0.717, 1.165) is 0 Å². The summed E-state index contributed by atoms with van der Waals surface area (Å²) in [6, 6.07) is 5.86. The van der Waals surface area contributed by atoms with Crippen LogP contribution in [0.4, 0.5) is 5.69 Å². The molecule has 1 aromatic carbocycles. The number of sulfonamides is 1. The van der Waals surface area contributed by atoms with E-state index < -0.39 is 15.9 Å². The van der Waals surface area contributed by atoms with Gasteiger partial charge in [0.2, 0.25) is 10.0 Å². The molecular weight excluding hydrogens is 340 g/mol. The highest BCUT2D eigenvalue weighted by Gasteiger charge is 2.25. The Hall–Kier alpha value is -1.83. The third-order valence-corrected chi connectivity index (χ3v) is 5.83. The molecule has 1 amide bonds. The average molecular weight is 357 g/mol. The Morgan fingerprint density at radius 2 is 1.96 bits per heavy atom. The van der Waals surface area contributed by atoms with Crippen LogP contribution >= 0.6 is 11.6 Å². The van der Waals surface area contributed by atoms with Crippen LogP contribution in [-0.4, -0.2) is 31.7 Å². The Balaban J connectivity index is 2.34. The van der Waals surface area contributed by atoms with E-state index >= 15 is 0 Å². The lowest BCUT2D eigenvalue weighted by molar-refractivity contribution is 0.102. The number of nitrogens with one attached hydrogen (secondary N) is 1. The van der Waals surface area contributed by atoms with Crippen molar-refractivity contribution in [2.24, 2.45) is 0 Å². The molecule has 0 saturated carbocycles. The number of carbonyl (C=O) groups is 1. The highest BCUT2D eigenvalue weighted by molar-refractivity contribution is 7.89. The van der Waals surface area contributed by atoms with Crippen LogP contribution in [0.3, 0.4) is 0 Å². The minimum atomic E-state index is -3.71. The van der Waals surface area contributed by atoms with Gasteiger partial charge in [0.05, 0.1) is 16.8 Å². The molecule has 124 valence electrons. The van der Waals surface area contributed by atoms with Gasteiger partial charge in [0.15, 0.2) is 0 Å². The van der Waals surface area contributed by atoms with Crippen molar-refractivity contribution in [2.45, 2.75) is 18.7 Å². The largest absolute Gasteiger partial charge is 0.472 e. The topological polar surface area (TPSA) is 79.6 Å². The predicted molar refractivity (Wildman–Crippen MR) is 88.2 cm³/mol. The van der Waals surface area contributed by atoms with Crippen molar-refractivity contribution < 1.29 is 17.6 Å². The normalized spacial score (nSPS) is 11.7. The Morgan fingerprint density at radius 3 is 2.52 bits per heavy atom. The zero-order valence-electron chi connectivity index (χ0n) is 12.7. The maximum Gasteiger partial charge on any atom is 0.258 e. The molecule has 0 saturated heterocycles. The second kappa shape index (κ2) is 7.16. The first-order chi connectivity index (χ1) is 10.9. The van der Waals surface area contributed by atoms with Gasteiger partial charge >= 0.3 is 0 Å². The molecule has 1 N–H and O–H groups in total. The summed E-state index contributed by atoms with van der Waals surface area (Å²) in [5.74, 6) is -0.396. The van der Waals surface area contributed by atoms with Crippen LogP contribution in [0, 0.1) is 0 Å². The number of carbonyl (C=O) groups excluding carboxylic acids is 1. The zero-order chi connectivity index (χ0) is 17.0. The Labute approximate surface area is 140 Å². The third kappa shape index (κ3) is 3.74. The van der Waals surface area contributed by atoms with Gasteiger partial charge in [-0.3, -0.25) is 4.79 Å². The zero-order valence-corrected chi connectivity index (χ0v) is 14.3. The molecule has 8 heteroatoms. The molecule has 0 unspecified atom stereocenters. The van der Waals surface area contributed by atoms with E-state index in [-0.39, 0.29) is 9.92 Å². The van der Waals surface area contributed by atoms with Crippen molar-refractivity contribution >= 4 is 33.2 Å². The van der Waals surface area contributed by atoms with Crippen molar-refractivity contribution in [3.8, 4) is 0 Å². The van der Waals surface area contributed by atoms with E-state index in [1.165, 1.54) is 35.0 Å². The molecule has 23 heavy (non-hydrogen) atoms. The molecule has 1 heterocycles. The first-order valence-electron chi connectivity index (χ1n) is 7.03. The van der Waals surface area contributed by atoms with Gasteiger partial charge in [-0.05, 0) is 24.3 Å². The fourth-order valence-electron chi connectivity index (χ4n) is 2.08. The van der Waals surface area contributed by atoms with E-state index in [2.05, 4.69) is 5.32 Å². The predicted octanol–water partition coefficient (Wildman–Crippen LogP) is 3.22. The molecule has 0 aliphatic carbocycles. The van der Waals surface area contributed by atoms with Crippen molar-refractivity contribution in [1.82, 2.24) is 4.31 Å². The highest BCUT2D eigenvalue weighted by atomic mass is 35.5. The number of nitrogens with zero attached hydrogens (tertiary/aromatic N) is 1. The lowest BCUT2D eigenvalue weighted by atomic mass is 10.3. The number of benzene rings is 1. The number of rotatable bonds is 6. The van der Waals surface area contributed by atoms with E-state index in [0.29, 0.717) is 24.3 Å². The summed E-state index contributed by atoms with van der Waals surface area (Å²) in [4.78, 5) is 12.0. The summed E-state index contributed by atoms with van der Waals surface area (Å²) in [6.07, 6.45) is 2.69. The Bertz CT molecular complexity index is 784. The summed E-state index contributed by atoms with van der Waals surface area (Å²) in [6.45, 7) is 4.17. The average Bonchev–Trinajstić information content (AvgIpc) is 3.04. The lowest BCUT2D eigenvalue weighted by Crippen LogP contribution is -2.30. The molecule has 6 nitrogen and oxygen atoms in total. The first kappa shape index (κ1) is 17.5. The first-order valence-corrected chi connectivity index (χ1v) is 8.85. The van der Waals surface area contributed by atoms with Crippen LogP contribution in [0.2, 0.25) is 5.02 Å². The molecule has 0 radical (unpaired) electrons. The third-order valence-electron chi connectivity index (χ3n) is 3.30. The number of hydrogen-bond donors (Lipinski definition) is 1. The van der Waals surface area contributed by atoms with Gasteiger partial charge in [-0.2, -0.15) is 4.31 Å². The minimum Gasteiger partial charge on any atom is -0.472 e. The fraction of sp³-hybridized carbons (Fsp3) is 0.267. The standard InChI is InChI=1S/C15H17ClN2O4S/c1-3-18(4-2)23(20,21)14-9-12(5-6-13(14)16)17-15(19)11-7-8-22-10-11/h5-10H,3-4H2,1-2H3,(H,17,19). The smallest absolute Gasteiger partial charge is 0.258 e. The van der Waals surface area contributed by atoms with E-state index in [4.69, 9.17) is 16.0 Å². The number of halogens is 1. The van der Waals surface area contributed by atoms with Crippen LogP contribution in [0.15, 0.2) is 46.1 Å².